The summed E-state index contributed by atoms with van der Waals surface area (Å²) in [5.74, 6) is -1.80. The zero-order chi connectivity index (χ0) is 17.2. The maximum absolute atomic E-state index is 14.1. The third-order valence-electron chi connectivity index (χ3n) is 4.44. The highest BCUT2D eigenvalue weighted by Crippen LogP contribution is 2.32. The van der Waals surface area contributed by atoms with Crippen LogP contribution in [0.4, 0.5) is 13.6 Å². The number of carboxylic acid groups (broad SMARTS) is 1. The van der Waals surface area contributed by atoms with Crippen molar-refractivity contribution in [1.82, 2.24) is 10.2 Å². The molecule has 0 unspecified atom stereocenters. The number of nitrogens with one attached hydrogen (secondary N) is 1. The number of rotatable bonds is 2. The second-order valence-corrected chi connectivity index (χ2v) is 7.14. The minimum atomic E-state index is -1.06. The molecule has 4 nitrogen and oxygen atoms in total. The fraction of sp³-hybridized carbons (Fsp3) is 0.588. The third-order valence-corrected chi connectivity index (χ3v) is 4.44. The van der Waals surface area contributed by atoms with Gasteiger partial charge in [0.05, 0.1) is 0 Å². The summed E-state index contributed by atoms with van der Waals surface area (Å²) in [6.07, 6.45) is 0.149. The van der Waals surface area contributed by atoms with Crippen molar-refractivity contribution in [3.63, 3.8) is 0 Å². The molecule has 0 bridgehead atoms. The maximum Gasteiger partial charge on any atom is 0.404 e. The van der Waals surface area contributed by atoms with Crippen LogP contribution in [0, 0.1) is 11.6 Å². The highest BCUT2D eigenvalue weighted by molar-refractivity contribution is 5.64. The lowest BCUT2D eigenvalue weighted by atomic mass is 9.92. The van der Waals surface area contributed by atoms with E-state index in [4.69, 9.17) is 5.11 Å². The van der Waals surface area contributed by atoms with Crippen LogP contribution in [-0.2, 0) is 0 Å². The van der Waals surface area contributed by atoms with E-state index in [1.807, 2.05) is 20.8 Å². The second kappa shape index (κ2) is 6.83. The van der Waals surface area contributed by atoms with Crippen LogP contribution < -0.4 is 5.32 Å². The minimum Gasteiger partial charge on any atom is -0.465 e. The Bertz CT molecular complexity index is 572. The first-order valence-electron chi connectivity index (χ1n) is 7.87. The quantitative estimate of drug-likeness (QED) is 0.873. The summed E-state index contributed by atoms with van der Waals surface area (Å²) in [5, 5.41) is 11.5. The van der Waals surface area contributed by atoms with Gasteiger partial charge in [0.25, 0.3) is 0 Å². The Morgan fingerprint density at radius 2 is 1.96 bits per heavy atom. The summed E-state index contributed by atoms with van der Waals surface area (Å²) in [4.78, 5) is 13.1. The number of hydrogen-bond acceptors (Lipinski definition) is 2. The Labute approximate surface area is 135 Å². The molecular formula is C17H24F2N2O2. The minimum absolute atomic E-state index is 0.162. The van der Waals surface area contributed by atoms with Gasteiger partial charge in [-0.1, -0.05) is 12.1 Å². The predicted molar refractivity (Wildman–Crippen MR) is 84.6 cm³/mol. The van der Waals surface area contributed by atoms with E-state index >= 15 is 0 Å². The lowest BCUT2D eigenvalue weighted by Crippen LogP contribution is -2.49. The largest absolute Gasteiger partial charge is 0.465 e. The number of hydrogen-bond donors (Lipinski definition) is 2. The Kier molecular flexibility index (Phi) is 5.24. The van der Waals surface area contributed by atoms with Crippen molar-refractivity contribution >= 4 is 6.09 Å². The molecule has 1 aliphatic heterocycles. The molecule has 0 aliphatic carbocycles. The van der Waals surface area contributed by atoms with Gasteiger partial charge in [0, 0.05) is 24.7 Å². The average molecular weight is 326 g/mol. The lowest BCUT2D eigenvalue weighted by molar-refractivity contribution is 0.122. The first kappa shape index (κ1) is 17.7. The molecule has 1 aromatic carbocycles. The molecular weight excluding hydrogens is 302 g/mol. The summed E-state index contributed by atoms with van der Waals surface area (Å²) < 4.78 is 27.7. The smallest absolute Gasteiger partial charge is 0.404 e. The van der Waals surface area contributed by atoms with E-state index in [-0.39, 0.29) is 17.5 Å². The fourth-order valence-corrected chi connectivity index (χ4v) is 3.12. The van der Waals surface area contributed by atoms with Gasteiger partial charge in [-0.25, -0.2) is 13.6 Å². The van der Waals surface area contributed by atoms with Gasteiger partial charge in [-0.05, 0) is 51.2 Å². The molecule has 1 fully saturated rings. The fourth-order valence-electron chi connectivity index (χ4n) is 3.12. The van der Waals surface area contributed by atoms with Crippen molar-refractivity contribution in [3.8, 4) is 0 Å². The Morgan fingerprint density at radius 3 is 2.57 bits per heavy atom. The van der Waals surface area contributed by atoms with Crippen molar-refractivity contribution in [2.45, 2.75) is 51.1 Å². The molecule has 2 rings (SSSR count). The predicted octanol–water partition coefficient (Wildman–Crippen LogP) is 3.58. The standard InChI is InChI=1S/C17H24F2N2O2/c1-17(2,3)21-9-11(7-8-12(10-21)20-16(22)23)13-5-4-6-14(18)15(13)19/h4-6,11-12,20H,7-10H2,1-3H3,(H,22,23)/t11-,12-/m1/s1. The van der Waals surface area contributed by atoms with Crippen LogP contribution in [0.1, 0.15) is 45.1 Å². The van der Waals surface area contributed by atoms with E-state index in [0.717, 1.165) is 6.07 Å². The van der Waals surface area contributed by atoms with Gasteiger partial charge in [-0.3, -0.25) is 4.90 Å². The van der Waals surface area contributed by atoms with Gasteiger partial charge < -0.3 is 10.4 Å². The Balaban J connectivity index is 2.28. The van der Waals surface area contributed by atoms with Crippen LogP contribution in [-0.4, -0.2) is 40.8 Å². The number of likely N-dealkylation sites (tertiary alicyclic amines) is 1. The van der Waals surface area contributed by atoms with Crippen molar-refractivity contribution in [3.05, 3.63) is 35.4 Å². The molecule has 0 spiro atoms. The molecule has 1 saturated heterocycles. The highest BCUT2D eigenvalue weighted by atomic mass is 19.2. The first-order chi connectivity index (χ1) is 10.7. The van der Waals surface area contributed by atoms with Crippen molar-refractivity contribution in [1.29, 1.82) is 0 Å². The number of nitrogens with zero attached hydrogens (tertiary/aromatic N) is 1. The van der Waals surface area contributed by atoms with E-state index in [9.17, 15) is 13.6 Å². The summed E-state index contributed by atoms with van der Waals surface area (Å²) in [6.45, 7) is 7.24. The molecule has 2 N–H and O–H groups in total. The van der Waals surface area contributed by atoms with Gasteiger partial charge >= 0.3 is 6.09 Å². The third kappa shape index (κ3) is 4.41. The zero-order valence-electron chi connectivity index (χ0n) is 13.8. The summed E-state index contributed by atoms with van der Waals surface area (Å²) in [7, 11) is 0. The lowest BCUT2D eigenvalue weighted by Gasteiger charge is -2.37. The average Bonchev–Trinajstić information content (AvgIpc) is 2.64. The SMILES string of the molecule is CC(C)(C)N1C[C@H](NC(=O)O)CC[C@@H](c2cccc(F)c2F)C1. The highest BCUT2D eigenvalue weighted by Gasteiger charge is 2.32. The van der Waals surface area contributed by atoms with E-state index < -0.39 is 17.7 Å². The van der Waals surface area contributed by atoms with Crippen LogP contribution in [0.25, 0.3) is 0 Å². The van der Waals surface area contributed by atoms with Gasteiger partial charge in [0.15, 0.2) is 11.6 Å². The summed E-state index contributed by atoms with van der Waals surface area (Å²) in [5.41, 5.74) is 0.181. The molecule has 23 heavy (non-hydrogen) atoms. The Morgan fingerprint density at radius 1 is 1.26 bits per heavy atom. The maximum atomic E-state index is 14.1. The van der Waals surface area contributed by atoms with E-state index in [1.165, 1.54) is 6.07 Å². The van der Waals surface area contributed by atoms with Gasteiger partial charge in [0.2, 0.25) is 0 Å². The normalized spacial score (nSPS) is 23.3. The summed E-state index contributed by atoms with van der Waals surface area (Å²) >= 11 is 0. The van der Waals surface area contributed by atoms with E-state index in [2.05, 4.69) is 10.2 Å². The Hall–Kier alpha value is -1.69. The number of halogens is 2. The monoisotopic (exact) mass is 326 g/mol. The van der Waals surface area contributed by atoms with E-state index in [0.29, 0.717) is 31.5 Å². The van der Waals surface area contributed by atoms with Crippen molar-refractivity contribution in [2.24, 2.45) is 0 Å². The van der Waals surface area contributed by atoms with Crippen molar-refractivity contribution < 1.29 is 18.7 Å². The molecule has 1 aliphatic rings. The van der Waals surface area contributed by atoms with Crippen LogP contribution in [0.5, 0.6) is 0 Å². The molecule has 0 aromatic heterocycles. The molecule has 2 atom stereocenters. The topological polar surface area (TPSA) is 52.6 Å². The number of amides is 1. The van der Waals surface area contributed by atoms with Gasteiger partial charge in [-0.2, -0.15) is 0 Å². The molecule has 1 aromatic rings. The van der Waals surface area contributed by atoms with Crippen molar-refractivity contribution in [2.75, 3.05) is 13.1 Å². The van der Waals surface area contributed by atoms with Crippen LogP contribution in [0.2, 0.25) is 0 Å². The molecule has 128 valence electrons. The number of carbonyl (C=O) groups is 1. The molecule has 6 heteroatoms. The van der Waals surface area contributed by atoms with E-state index in [1.54, 1.807) is 6.07 Å². The van der Waals surface area contributed by atoms with Crippen LogP contribution in [0.3, 0.4) is 0 Å². The molecule has 1 amide bonds. The van der Waals surface area contributed by atoms with Gasteiger partial charge in [0.1, 0.15) is 0 Å². The van der Waals surface area contributed by atoms with Crippen LogP contribution >= 0.6 is 0 Å². The van der Waals surface area contributed by atoms with Crippen LogP contribution in [0.15, 0.2) is 18.2 Å². The van der Waals surface area contributed by atoms with Gasteiger partial charge in [-0.15, -0.1) is 0 Å². The first-order valence-corrected chi connectivity index (χ1v) is 7.87. The molecule has 1 heterocycles. The zero-order valence-corrected chi connectivity index (χ0v) is 13.8. The molecule has 0 saturated carbocycles. The number of benzene rings is 1. The second-order valence-electron chi connectivity index (χ2n) is 7.14. The molecule has 0 radical (unpaired) electrons. The summed E-state index contributed by atoms with van der Waals surface area (Å²) in [6, 6.07) is 4.04.